The second kappa shape index (κ2) is 6.99. The lowest BCUT2D eigenvalue weighted by molar-refractivity contribution is -0.117. The van der Waals surface area contributed by atoms with Crippen LogP contribution in [0.3, 0.4) is 0 Å². The molecule has 0 aliphatic carbocycles. The normalized spacial score (nSPS) is 10.6. The Morgan fingerprint density at radius 2 is 2.00 bits per heavy atom. The standard InChI is InChI=1S/C14H19FN2O2/c1-10-9-11(5-6-12(10)15)13(18)14(19)16-7-4-8-17(2)3/h5-6,9H,4,7-8H2,1-3H3,(H,16,19). The lowest BCUT2D eigenvalue weighted by atomic mass is 10.1. The number of hydrogen-bond donors (Lipinski definition) is 1. The van der Waals surface area contributed by atoms with Gasteiger partial charge in [0.15, 0.2) is 0 Å². The quantitative estimate of drug-likeness (QED) is 0.481. The van der Waals surface area contributed by atoms with E-state index in [-0.39, 0.29) is 11.4 Å². The number of hydrogen-bond acceptors (Lipinski definition) is 3. The van der Waals surface area contributed by atoms with E-state index >= 15 is 0 Å². The smallest absolute Gasteiger partial charge is 0.292 e. The van der Waals surface area contributed by atoms with Crippen LogP contribution in [0.4, 0.5) is 4.39 Å². The van der Waals surface area contributed by atoms with Crippen LogP contribution >= 0.6 is 0 Å². The molecule has 19 heavy (non-hydrogen) atoms. The van der Waals surface area contributed by atoms with E-state index in [0.717, 1.165) is 13.0 Å². The maximum atomic E-state index is 13.1. The monoisotopic (exact) mass is 266 g/mol. The molecule has 1 N–H and O–H groups in total. The highest BCUT2D eigenvalue weighted by Gasteiger charge is 2.16. The Balaban J connectivity index is 2.52. The Morgan fingerprint density at radius 3 is 2.58 bits per heavy atom. The molecule has 0 aliphatic heterocycles. The predicted octanol–water partition coefficient (Wildman–Crippen LogP) is 1.38. The first-order chi connectivity index (χ1) is 8.91. The van der Waals surface area contributed by atoms with E-state index in [0.29, 0.717) is 12.1 Å². The predicted molar refractivity (Wildman–Crippen MR) is 71.6 cm³/mol. The van der Waals surface area contributed by atoms with Crippen molar-refractivity contribution in [1.29, 1.82) is 0 Å². The van der Waals surface area contributed by atoms with E-state index in [1.807, 2.05) is 19.0 Å². The number of Topliss-reactive ketones (excluding diaryl/α,β-unsaturated/α-hetero) is 1. The topological polar surface area (TPSA) is 49.4 Å². The van der Waals surface area contributed by atoms with Crippen LogP contribution in [-0.4, -0.2) is 43.8 Å². The summed E-state index contributed by atoms with van der Waals surface area (Å²) in [5.41, 5.74) is 0.565. The molecule has 1 rings (SSSR count). The highest BCUT2D eigenvalue weighted by Crippen LogP contribution is 2.09. The van der Waals surface area contributed by atoms with E-state index in [4.69, 9.17) is 0 Å². The van der Waals surface area contributed by atoms with Crippen molar-refractivity contribution in [1.82, 2.24) is 10.2 Å². The molecule has 0 radical (unpaired) electrons. The lowest BCUT2D eigenvalue weighted by Gasteiger charge is -2.09. The lowest BCUT2D eigenvalue weighted by Crippen LogP contribution is -2.33. The van der Waals surface area contributed by atoms with Crippen LogP contribution in [0.15, 0.2) is 18.2 Å². The van der Waals surface area contributed by atoms with Crippen LogP contribution in [0.25, 0.3) is 0 Å². The molecule has 1 aromatic rings. The fraction of sp³-hybridized carbons (Fsp3) is 0.429. The number of halogens is 1. The molecule has 4 nitrogen and oxygen atoms in total. The molecular formula is C14H19FN2O2. The van der Waals surface area contributed by atoms with E-state index < -0.39 is 11.7 Å². The molecule has 0 heterocycles. The number of amides is 1. The van der Waals surface area contributed by atoms with Crippen molar-refractivity contribution in [3.05, 3.63) is 35.1 Å². The van der Waals surface area contributed by atoms with Crippen LogP contribution in [0.5, 0.6) is 0 Å². The summed E-state index contributed by atoms with van der Waals surface area (Å²) < 4.78 is 13.1. The Bertz CT molecular complexity index is 473. The summed E-state index contributed by atoms with van der Waals surface area (Å²) in [6.45, 7) is 2.84. The molecule has 0 atom stereocenters. The Hall–Kier alpha value is -1.75. The van der Waals surface area contributed by atoms with Crippen molar-refractivity contribution in [2.45, 2.75) is 13.3 Å². The zero-order valence-corrected chi connectivity index (χ0v) is 11.5. The van der Waals surface area contributed by atoms with Crippen molar-refractivity contribution in [3.8, 4) is 0 Å². The van der Waals surface area contributed by atoms with Gasteiger partial charge in [-0.3, -0.25) is 9.59 Å². The summed E-state index contributed by atoms with van der Waals surface area (Å²) >= 11 is 0. The second-order valence-corrected chi connectivity index (χ2v) is 4.71. The molecule has 0 unspecified atom stereocenters. The Labute approximate surface area is 112 Å². The average Bonchev–Trinajstić information content (AvgIpc) is 2.36. The maximum Gasteiger partial charge on any atom is 0.292 e. The van der Waals surface area contributed by atoms with Gasteiger partial charge in [0, 0.05) is 12.1 Å². The maximum absolute atomic E-state index is 13.1. The van der Waals surface area contributed by atoms with Crippen molar-refractivity contribution in [2.75, 3.05) is 27.2 Å². The van der Waals surface area contributed by atoms with Crippen molar-refractivity contribution in [3.63, 3.8) is 0 Å². The fourth-order valence-electron chi connectivity index (χ4n) is 1.59. The first-order valence-electron chi connectivity index (χ1n) is 6.15. The minimum Gasteiger partial charge on any atom is -0.349 e. The first kappa shape index (κ1) is 15.3. The summed E-state index contributed by atoms with van der Waals surface area (Å²) in [6, 6.07) is 3.91. The summed E-state index contributed by atoms with van der Waals surface area (Å²) in [6.07, 6.45) is 0.772. The number of nitrogens with zero attached hydrogens (tertiary/aromatic N) is 1. The largest absolute Gasteiger partial charge is 0.349 e. The van der Waals surface area contributed by atoms with Crippen LogP contribution < -0.4 is 5.32 Å². The Morgan fingerprint density at radius 1 is 1.32 bits per heavy atom. The van der Waals surface area contributed by atoms with Gasteiger partial charge in [0.25, 0.3) is 5.91 Å². The summed E-state index contributed by atoms with van der Waals surface area (Å²) in [5.74, 6) is -1.67. The van der Waals surface area contributed by atoms with Crippen molar-refractivity contribution in [2.24, 2.45) is 0 Å². The van der Waals surface area contributed by atoms with Gasteiger partial charge in [-0.25, -0.2) is 4.39 Å². The van der Waals surface area contributed by atoms with Crippen LogP contribution in [0, 0.1) is 12.7 Å². The van der Waals surface area contributed by atoms with E-state index in [2.05, 4.69) is 5.32 Å². The van der Waals surface area contributed by atoms with Gasteiger partial charge in [-0.05, 0) is 57.7 Å². The van der Waals surface area contributed by atoms with Crippen molar-refractivity contribution < 1.29 is 14.0 Å². The zero-order chi connectivity index (χ0) is 14.4. The number of nitrogens with one attached hydrogen (secondary N) is 1. The number of rotatable bonds is 6. The van der Waals surface area contributed by atoms with E-state index in [9.17, 15) is 14.0 Å². The fourth-order valence-corrected chi connectivity index (χ4v) is 1.59. The van der Waals surface area contributed by atoms with Gasteiger partial charge >= 0.3 is 0 Å². The molecule has 0 fully saturated rings. The second-order valence-electron chi connectivity index (χ2n) is 4.71. The number of carbonyl (C=O) groups excluding carboxylic acids is 2. The Kier molecular flexibility index (Phi) is 5.63. The third kappa shape index (κ3) is 4.79. The molecule has 1 aromatic carbocycles. The number of carbonyl (C=O) groups is 2. The molecule has 1 amide bonds. The molecule has 0 spiro atoms. The summed E-state index contributed by atoms with van der Waals surface area (Å²) in [5, 5.41) is 2.56. The molecule has 0 aromatic heterocycles. The van der Waals surface area contributed by atoms with Gasteiger partial charge in [-0.1, -0.05) is 0 Å². The molecule has 0 aliphatic rings. The third-order valence-corrected chi connectivity index (χ3v) is 2.69. The first-order valence-corrected chi connectivity index (χ1v) is 6.15. The minimum absolute atomic E-state index is 0.212. The van der Waals surface area contributed by atoms with Crippen LogP contribution in [0.1, 0.15) is 22.3 Å². The summed E-state index contributed by atoms with van der Waals surface area (Å²) in [7, 11) is 3.88. The highest BCUT2D eigenvalue weighted by molar-refractivity contribution is 6.42. The van der Waals surface area contributed by atoms with Crippen LogP contribution in [0.2, 0.25) is 0 Å². The number of ketones is 1. The van der Waals surface area contributed by atoms with Crippen molar-refractivity contribution >= 4 is 11.7 Å². The molecule has 104 valence electrons. The van der Waals surface area contributed by atoms with Gasteiger partial charge in [-0.15, -0.1) is 0 Å². The molecule has 0 saturated carbocycles. The molecular weight excluding hydrogens is 247 g/mol. The van der Waals surface area contributed by atoms with Gasteiger partial charge in [0.1, 0.15) is 5.82 Å². The SMILES string of the molecule is Cc1cc(C(=O)C(=O)NCCCN(C)C)ccc1F. The molecule has 5 heteroatoms. The van der Waals surface area contributed by atoms with Gasteiger partial charge in [0.05, 0.1) is 0 Å². The third-order valence-electron chi connectivity index (χ3n) is 2.69. The minimum atomic E-state index is -0.648. The van der Waals surface area contributed by atoms with Crippen LogP contribution in [-0.2, 0) is 4.79 Å². The van der Waals surface area contributed by atoms with Gasteiger partial charge < -0.3 is 10.2 Å². The number of benzene rings is 1. The zero-order valence-electron chi connectivity index (χ0n) is 11.5. The van der Waals surface area contributed by atoms with E-state index in [1.54, 1.807) is 6.92 Å². The van der Waals surface area contributed by atoms with Gasteiger partial charge in [0.2, 0.25) is 5.78 Å². The molecule has 0 saturated heterocycles. The average molecular weight is 266 g/mol. The molecule has 0 bridgehead atoms. The van der Waals surface area contributed by atoms with E-state index in [1.165, 1.54) is 18.2 Å². The number of aryl methyl sites for hydroxylation is 1. The van der Waals surface area contributed by atoms with Gasteiger partial charge in [-0.2, -0.15) is 0 Å². The summed E-state index contributed by atoms with van der Waals surface area (Å²) in [4.78, 5) is 25.4. The highest BCUT2D eigenvalue weighted by atomic mass is 19.1.